The fourth-order valence-corrected chi connectivity index (χ4v) is 2.46. The highest BCUT2D eigenvalue weighted by atomic mass is 32.1. The number of amides is 1. The molecule has 2 rings (SSSR count). The second-order valence-electron chi connectivity index (χ2n) is 4.88. The van der Waals surface area contributed by atoms with Crippen LogP contribution in [0.1, 0.15) is 18.4 Å². The topological polar surface area (TPSA) is 66.6 Å². The van der Waals surface area contributed by atoms with Gasteiger partial charge in [-0.15, -0.1) is 0 Å². The minimum Gasteiger partial charge on any atom is -0.395 e. The summed E-state index contributed by atoms with van der Waals surface area (Å²) in [5, 5.41) is 9.13. The van der Waals surface area contributed by atoms with E-state index >= 15 is 0 Å². The van der Waals surface area contributed by atoms with Crippen LogP contribution in [0.2, 0.25) is 0 Å². The third-order valence-electron chi connectivity index (χ3n) is 3.50. The normalized spacial score (nSPS) is 15.8. The Morgan fingerprint density at radius 3 is 2.47 bits per heavy atom. The molecule has 0 atom stereocenters. The maximum absolute atomic E-state index is 12.5. The molecule has 102 valence electrons. The number of carbonyl (C=O) groups is 1. The van der Waals surface area contributed by atoms with E-state index in [2.05, 4.69) is 0 Å². The molecule has 0 saturated heterocycles. The first-order valence-electron chi connectivity index (χ1n) is 6.34. The van der Waals surface area contributed by atoms with Gasteiger partial charge in [0.1, 0.15) is 0 Å². The van der Waals surface area contributed by atoms with Gasteiger partial charge in [0.2, 0.25) is 5.91 Å². The maximum atomic E-state index is 12.5. The lowest BCUT2D eigenvalue weighted by Gasteiger charge is -2.26. The molecule has 0 bridgehead atoms. The summed E-state index contributed by atoms with van der Waals surface area (Å²) in [6, 6.07) is 9.70. The summed E-state index contributed by atoms with van der Waals surface area (Å²) in [5.74, 6) is -0.0575. The summed E-state index contributed by atoms with van der Waals surface area (Å²) in [7, 11) is 0. The van der Waals surface area contributed by atoms with Gasteiger partial charge in [-0.2, -0.15) is 0 Å². The highest BCUT2D eigenvalue weighted by molar-refractivity contribution is 7.80. The summed E-state index contributed by atoms with van der Waals surface area (Å²) in [5.41, 5.74) is 6.06. The van der Waals surface area contributed by atoms with E-state index in [1.54, 1.807) is 4.90 Å². The Hall–Kier alpha value is -1.46. The van der Waals surface area contributed by atoms with Crippen molar-refractivity contribution in [3.05, 3.63) is 35.9 Å². The second kappa shape index (κ2) is 5.67. The van der Waals surface area contributed by atoms with Gasteiger partial charge in [0, 0.05) is 13.1 Å². The Bertz CT molecular complexity index is 472. The van der Waals surface area contributed by atoms with Gasteiger partial charge in [-0.05, 0) is 18.4 Å². The number of nitrogens with two attached hydrogens (primary N) is 1. The molecule has 0 spiro atoms. The van der Waals surface area contributed by atoms with Gasteiger partial charge in [-0.1, -0.05) is 42.5 Å². The molecule has 0 aromatic heterocycles. The zero-order chi connectivity index (χ0) is 13.9. The van der Waals surface area contributed by atoms with Gasteiger partial charge in [0.15, 0.2) is 0 Å². The lowest BCUT2D eigenvalue weighted by atomic mass is 10.0. The fraction of sp³-hybridized carbons (Fsp3) is 0.429. The van der Waals surface area contributed by atoms with E-state index in [-0.39, 0.29) is 17.5 Å². The maximum Gasteiger partial charge on any atom is 0.236 e. The molecule has 1 amide bonds. The van der Waals surface area contributed by atoms with Gasteiger partial charge >= 0.3 is 0 Å². The van der Waals surface area contributed by atoms with Gasteiger partial charge in [0.25, 0.3) is 0 Å². The quantitative estimate of drug-likeness (QED) is 0.764. The monoisotopic (exact) mass is 278 g/mol. The van der Waals surface area contributed by atoms with E-state index in [4.69, 9.17) is 23.1 Å². The van der Waals surface area contributed by atoms with Crippen molar-refractivity contribution in [1.29, 1.82) is 0 Å². The number of rotatable bonds is 6. The van der Waals surface area contributed by atoms with Crippen molar-refractivity contribution in [3.63, 3.8) is 0 Å². The van der Waals surface area contributed by atoms with Crippen molar-refractivity contribution >= 4 is 23.1 Å². The van der Waals surface area contributed by atoms with Gasteiger partial charge < -0.3 is 15.7 Å². The summed E-state index contributed by atoms with van der Waals surface area (Å²) >= 11 is 5.01. The van der Waals surface area contributed by atoms with Crippen LogP contribution in [0.25, 0.3) is 0 Å². The summed E-state index contributed by atoms with van der Waals surface area (Å²) in [6.07, 6.45) is 1.44. The third kappa shape index (κ3) is 2.93. The third-order valence-corrected chi connectivity index (χ3v) is 3.90. The molecule has 4 nitrogen and oxygen atoms in total. The number of thiocarbonyl (C=S) groups is 1. The molecule has 3 N–H and O–H groups in total. The number of carbonyl (C=O) groups excluding carboxylic acids is 1. The van der Waals surface area contributed by atoms with Crippen LogP contribution < -0.4 is 5.73 Å². The van der Waals surface area contributed by atoms with Crippen LogP contribution >= 0.6 is 12.2 Å². The molecule has 5 heteroatoms. The van der Waals surface area contributed by atoms with Crippen LogP contribution in [-0.4, -0.2) is 34.1 Å². The number of aliphatic hydroxyl groups is 1. The largest absolute Gasteiger partial charge is 0.395 e. The predicted molar refractivity (Wildman–Crippen MR) is 77.4 cm³/mol. The molecule has 1 aromatic rings. The van der Waals surface area contributed by atoms with Gasteiger partial charge in [0.05, 0.1) is 17.0 Å². The first-order valence-corrected chi connectivity index (χ1v) is 6.75. The zero-order valence-corrected chi connectivity index (χ0v) is 11.5. The molecule has 1 aliphatic rings. The minimum atomic E-state index is -0.653. The van der Waals surface area contributed by atoms with Crippen molar-refractivity contribution in [2.75, 3.05) is 13.2 Å². The SMILES string of the molecule is NC(=S)C1(C(=O)N(CCO)Cc2ccccc2)CC1. The molecule has 0 unspecified atom stereocenters. The van der Waals surface area contributed by atoms with Crippen molar-refractivity contribution < 1.29 is 9.90 Å². The first-order chi connectivity index (χ1) is 9.10. The Balaban J connectivity index is 2.12. The predicted octanol–water partition coefficient (Wildman–Crippen LogP) is 1.07. The van der Waals surface area contributed by atoms with E-state index in [1.165, 1.54) is 0 Å². The Morgan fingerprint density at radius 2 is 2.00 bits per heavy atom. The van der Waals surface area contributed by atoms with E-state index in [1.807, 2.05) is 30.3 Å². The minimum absolute atomic E-state index is 0.0575. The van der Waals surface area contributed by atoms with Crippen LogP contribution in [0.5, 0.6) is 0 Å². The fourth-order valence-electron chi connectivity index (χ4n) is 2.17. The molecular formula is C14H18N2O2S. The number of aliphatic hydroxyl groups excluding tert-OH is 1. The Morgan fingerprint density at radius 1 is 1.37 bits per heavy atom. The van der Waals surface area contributed by atoms with E-state index in [0.717, 1.165) is 18.4 Å². The molecule has 1 aromatic carbocycles. The smallest absolute Gasteiger partial charge is 0.236 e. The van der Waals surface area contributed by atoms with Crippen molar-refractivity contribution in [1.82, 2.24) is 4.90 Å². The average molecular weight is 278 g/mol. The molecule has 1 saturated carbocycles. The lowest BCUT2D eigenvalue weighted by molar-refractivity contribution is -0.135. The molecule has 0 aliphatic heterocycles. The van der Waals surface area contributed by atoms with Crippen LogP contribution in [-0.2, 0) is 11.3 Å². The van der Waals surface area contributed by atoms with E-state index in [9.17, 15) is 4.79 Å². The summed E-state index contributed by atoms with van der Waals surface area (Å²) in [4.78, 5) is 14.4. The van der Waals surface area contributed by atoms with Crippen LogP contribution in [0.15, 0.2) is 30.3 Å². The molecule has 1 aliphatic carbocycles. The van der Waals surface area contributed by atoms with E-state index < -0.39 is 5.41 Å². The lowest BCUT2D eigenvalue weighted by Crippen LogP contribution is -2.43. The molecule has 0 heterocycles. The van der Waals surface area contributed by atoms with Gasteiger partial charge in [-0.25, -0.2) is 0 Å². The number of hydrogen-bond acceptors (Lipinski definition) is 3. The van der Waals surface area contributed by atoms with Crippen LogP contribution in [0, 0.1) is 5.41 Å². The molecule has 1 fully saturated rings. The van der Waals surface area contributed by atoms with Crippen molar-refractivity contribution in [2.45, 2.75) is 19.4 Å². The second-order valence-corrected chi connectivity index (χ2v) is 5.32. The molecule has 19 heavy (non-hydrogen) atoms. The average Bonchev–Trinajstić information content (AvgIpc) is 3.20. The summed E-state index contributed by atoms with van der Waals surface area (Å²) < 4.78 is 0. The number of nitrogens with zero attached hydrogens (tertiary/aromatic N) is 1. The zero-order valence-electron chi connectivity index (χ0n) is 10.7. The highest BCUT2D eigenvalue weighted by Crippen LogP contribution is 2.47. The molecular weight excluding hydrogens is 260 g/mol. The highest BCUT2D eigenvalue weighted by Gasteiger charge is 2.54. The number of hydrogen-bond donors (Lipinski definition) is 2. The molecule has 0 radical (unpaired) electrons. The van der Waals surface area contributed by atoms with Gasteiger partial charge in [-0.3, -0.25) is 4.79 Å². The van der Waals surface area contributed by atoms with Crippen LogP contribution in [0.4, 0.5) is 0 Å². The Kier molecular flexibility index (Phi) is 4.17. The van der Waals surface area contributed by atoms with E-state index in [0.29, 0.717) is 13.1 Å². The Labute approximate surface area is 118 Å². The summed E-state index contributed by atoms with van der Waals surface area (Å²) in [6.45, 7) is 0.717. The standard InChI is InChI=1S/C14H18N2O2S/c15-12(19)14(6-7-14)13(18)16(8-9-17)10-11-4-2-1-3-5-11/h1-5,17H,6-10H2,(H2,15,19). The van der Waals surface area contributed by atoms with Crippen molar-refractivity contribution in [2.24, 2.45) is 11.1 Å². The number of benzene rings is 1. The van der Waals surface area contributed by atoms with Crippen LogP contribution in [0.3, 0.4) is 0 Å². The van der Waals surface area contributed by atoms with Crippen molar-refractivity contribution in [3.8, 4) is 0 Å². The first kappa shape index (κ1) is 14.0.